The molecular weight excluding hydrogens is 462 g/mol. The summed E-state index contributed by atoms with van der Waals surface area (Å²) < 4.78 is 4.97. The van der Waals surface area contributed by atoms with Crippen LogP contribution in [0.4, 0.5) is 9.80 Å². The molecule has 0 aliphatic carbocycles. The van der Waals surface area contributed by atoms with Gasteiger partial charge in [0.2, 0.25) is 0 Å². The van der Waals surface area contributed by atoms with Crippen molar-refractivity contribution < 1.29 is 24.5 Å². The van der Waals surface area contributed by atoms with Crippen molar-refractivity contribution in [3.8, 4) is 28.0 Å². The number of aromatic hydroxyl groups is 1. The largest absolute Gasteiger partial charge is 0.507 e. The van der Waals surface area contributed by atoms with Gasteiger partial charge < -0.3 is 14.9 Å². The molecule has 0 radical (unpaired) electrons. The summed E-state index contributed by atoms with van der Waals surface area (Å²) in [6.07, 6.45) is -0.850. The number of esters is 1. The molecule has 35 heavy (non-hydrogen) atoms. The number of thiophene rings is 1. The van der Waals surface area contributed by atoms with E-state index in [4.69, 9.17) is 4.74 Å². The number of ether oxygens (including phenoxy) is 1. The van der Waals surface area contributed by atoms with Crippen molar-refractivity contribution in [2.75, 3.05) is 11.5 Å². The van der Waals surface area contributed by atoms with Crippen LogP contribution in [0, 0.1) is 0 Å². The molecule has 4 rings (SSSR count). The van der Waals surface area contributed by atoms with Crippen LogP contribution in [-0.2, 0) is 22.5 Å². The number of hydrogen-bond acceptors (Lipinski definition) is 5. The fourth-order valence-electron chi connectivity index (χ4n) is 3.74. The van der Waals surface area contributed by atoms with E-state index in [1.54, 1.807) is 19.1 Å². The summed E-state index contributed by atoms with van der Waals surface area (Å²) in [5, 5.41) is 22.5. The summed E-state index contributed by atoms with van der Waals surface area (Å²) in [5.41, 5.74) is 5.18. The van der Waals surface area contributed by atoms with Gasteiger partial charge in [-0.1, -0.05) is 66.7 Å². The van der Waals surface area contributed by atoms with Crippen LogP contribution in [0.5, 0.6) is 5.75 Å². The number of hydrogen-bond donors (Lipinski definition) is 2. The lowest BCUT2D eigenvalue weighted by molar-refractivity contribution is -0.142. The predicted octanol–water partition coefficient (Wildman–Crippen LogP) is 6.58. The van der Waals surface area contributed by atoms with Crippen molar-refractivity contribution in [3.05, 3.63) is 95.4 Å². The van der Waals surface area contributed by atoms with E-state index in [1.807, 2.05) is 72.1 Å². The summed E-state index contributed by atoms with van der Waals surface area (Å²) in [4.78, 5) is 25.0. The highest BCUT2D eigenvalue weighted by Crippen LogP contribution is 2.35. The molecule has 0 unspecified atom stereocenters. The predicted molar refractivity (Wildman–Crippen MR) is 138 cm³/mol. The number of phenolic OH excluding ortho intramolecular Hbond substituents is 1. The van der Waals surface area contributed by atoms with Gasteiger partial charge >= 0.3 is 12.1 Å². The van der Waals surface area contributed by atoms with E-state index >= 15 is 0 Å². The lowest BCUT2D eigenvalue weighted by Gasteiger charge is -2.17. The number of phenols is 1. The second-order valence-corrected chi connectivity index (χ2v) is 8.82. The van der Waals surface area contributed by atoms with E-state index in [0.717, 1.165) is 33.4 Å². The van der Waals surface area contributed by atoms with Crippen LogP contribution in [-0.4, -0.2) is 28.9 Å². The minimum atomic E-state index is -1.04. The minimum Gasteiger partial charge on any atom is -0.507 e. The Morgan fingerprint density at radius 1 is 0.886 bits per heavy atom. The van der Waals surface area contributed by atoms with Crippen molar-refractivity contribution in [2.45, 2.75) is 19.9 Å². The number of carbonyl (C=O) groups is 2. The second kappa shape index (κ2) is 10.9. The molecule has 0 atom stereocenters. The first-order valence-electron chi connectivity index (χ1n) is 11.2. The first-order chi connectivity index (χ1) is 16.9. The van der Waals surface area contributed by atoms with Gasteiger partial charge in [-0.2, -0.15) is 0 Å². The van der Waals surface area contributed by atoms with Gasteiger partial charge in [0.1, 0.15) is 10.8 Å². The maximum atomic E-state index is 12.0. The van der Waals surface area contributed by atoms with Crippen LogP contribution in [0.25, 0.3) is 22.3 Å². The molecule has 1 aromatic heterocycles. The molecule has 7 heteroatoms. The van der Waals surface area contributed by atoms with E-state index in [1.165, 1.54) is 16.2 Å². The van der Waals surface area contributed by atoms with Gasteiger partial charge in [-0.15, -0.1) is 11.3 Å². The first kappa shape index (κ1) is 24.0. The molecule has 3 aromatic carbocycles. The minimum absolute atomic E-state index is 0.188. The lowest BCUT2D eigenvalue weighted by Crippen LogP contribution is -2.27. The topological polar surface area (TPSA) is 87.1 Å². The smallest absolute Gasteiger partial charge is 0.412 e. The highest BCUT2D eigenvalue weighted by atomic mass is 32.1. The molecule has 6 nitrogen and oxygen atoms in total. The SMILES string of the molecule is CCOC(=O)Cc1ccc(CN(C(=O)O)c2cc(-c3ccc(-c4ccccc4O)cc3)cs2)cc1. The van der Waals surface area contributed by atoms with Crippen LogP contribution >= 0.6 is 11.3 Å². The van der Waals surface area contributed by atoms with Gasteiger partial charge in [-0.3, -0.25) is 9.69 Å². The molecule has 0 bridgehead atoms. The fourth-order valence-corrected chi connectivity index (χ4v) is 4.66. The van der Waals surface area contributed by atoms with Crippen LogP contribution in [0.2, 0.25) is 0 Å². The Morgan fingerprint density at radius 3 is 2.20 bits per heavy atom. The van der Waals surface area contributed by atoms with E-state index in [0.29, 0.717) is 11.6 Å². The third-order valence-electron chi connectivity index (χ3n) is 5.53. The van der Waals surface area contributed by atoms with Crippen molar-refractivity contribution >= 4 is 28.4 Å². The number of benzene rings is 3. The number of nitrogens with zero attached hydrogens (tertiary/aromatic N) is 1. The molecule has 0 saturated carbocycles. The summed E-state index contributed by atoms with van der Waals surface area (Å²) in [6, 6.07) is 24.1. The van der Waals surface area contributed by atoms with Crippen LogP contribution in [0.3, 0.4) is 0 Å². The van der Waals surface area contributed by atoms with Crippen LogP contribution in [0.15, 0.2) is 84.2 Å². The molecule has 0 saturated heterocycles. The van der Waals surface area contributed by atoms with Gasteiger partial charge in [-0.25, -0.2) is 4.79 Å². The quantitative estimate of drug-likeness (QED) is 0.274. The zero-order chi connectivity index (χ0) is 24.8. The van der Waals surface area contributed by atoms with E-state index < -0.39 is 6.09 Å². The summed E-state index contributed by atoms with van der Waals surface area (Å²) in [7, 11) is 0. The highest BCUT2D eigenvalue weighted by Gasteiger charge is 2.18. The number of para-hydroxylation sites is 1. The fraction of sp³-hybridized carbons (Fsp3) is 0.143. The number of carbonyl (C=O) groups excluding carboxylic acids is 1. The lowest BCUT2D eigenvalue weighted by atomic mass is 10.0. The number of amides is 1. The highest BCUT2D eigenvalue weighted by molar-refractivity contribution is 7.14. The van der Waals surface area contributed by atoms with E-state index in [-0.39, 0.29) is 24.7 Å². The van der Waals surface area contributed by atoms with Gasteiger partial charge in [-0.05, 0) is 46.9 Å². The van der Waals surface area contributed by atoms with Gasteiger partial charge in [0, 0.05) is 10.9 Å². The molecule has 4 aromatic rings. The zero-order valence-corrected chi connectivity index (χ0v) is 20.0. The molecule has 0 aliphatic heterocycles. The monoisotopic (exact) mass is 487 g/mol. The number of anilines is 1. The Labute approximate surface area is 207 Å². The molecule has 1 heterocycles. The normalized spacial score (nSPS) is 10.7. The molecule has 178 valence electrons. The number of carboxylic acid groups (broad SMARTS) is 1. The standard InChI is InChI=1S/C28H25NO5S/c1-2-34-27(31)15-19-7-9-20(10-8-19)17-29(28(32)33)26-16-23(18-35-26)21-11-13-22(14-12-21)24-5-3-4-6-25(24)30/h3-14,16,18,30H,2,15,17H2,1H3,(H,32,33). The maximum absolute atomic E-state index is 12.0. The average molecular weight is 488 g/mol. The van der Waals surface area contributed by atoms with Crippen molar-refractivity contribution in [3.63, 3.8) is 0 Å². The average Bonchev–Trinajstić information content (AvgIpc) is 3.34. The Balaban J connectivity index is 1.48. The van der Waals surface area contributed by atoms with E-state index in [9.17, 15) is 19.8 Å². The molecular formula is C28H25NO5S. The van der Waals surface area contributed by atoms with Crippen molar-refractivity contribution in [1.82, 2.24) is 0 Å². The molecule has 1 amide bonds. The van der Waals surface area contributed by atoms with Gasteiger partial charge in [0.05, 0.1) is 19.6 Å². The summed E-state index contributed by atoms with van der Waals surface area (Å²) >= 11 is 1.36. The molecule has 2 N–H and O–H groups in total. The van der Waals surface area contributed by atoms with Crippen LogP contribution < -0.4 is 4.90 Å². The zero-order valence-electron chi connectivity index (χ0n) is 19.2. The maximum Gasteiger partial charge on any atom is 0.412 e. The molecule has 0 fully saturated rings. The van der Waals surface area contributed by atoms with Gasteiger partial charge in [0.15, 0.2) is 0 Å². The van der Waals surface area contributed by atoms with Crippen molar-refractivity contribution in [1.29, 1.82) is 0 Å². The first-order valence-corrected chi connectivity index (χ1v) is 12.0. The summed E-state index contributed by atoms with van der Waals surface area (Å²) in [5.74, 6) is -0.0591. The summed E-state index contributed by atoms with van der Waals surface area (Å²) in [6.45, 7) is 2.30. The Kier molecular flexibility index (Phi) is 7.48. The third kappa shape index (κ3) is 5.88. The van der Waals surface area contributed by atoms with Crippen molar-refractivity contribution in [2.24, 2.45) is 0 Å². The third-order valence-corrected chi connectivity index (χ3v) is 6.48. The Bertz CT molecular complexity index is 1310. The van der Waals surface area contributed by atoms with E-state index in [2.05, 4.69) is 0 Å². The molecule has 0 spiro atoms. The second-order valence-electron chi connectivity index (χ2n) is 7.94. The Morgan fingerprint density at radius 2 is 1.54 bits per heavy atom. The molecule has 0 aliphatic rings. The Hall–Kier alpha value is -4.10. The van der Waals surface area contributed by atoms with Crippen LogP contribution in [0.1, 0.15) is 18.1 Å². The van der Waals surface area contributed by atoms with Gasteiger partial charge in [0.25, 0.3) is 0 Å². The number of rotatable bonds is 8.